The normalized spacial score (nSPS) is 20.1. The second kappa shape index (κ2) is 7.01. The highest BCUT2D eigenvalue weighted by atomic mass is 16.2. The zero-order valence-electron chi connectivity index (χ0n) is 14.2. The predicted molar refractivity (Wildman–Crippen MR) is 93.2 cm³/mol. The SMILES string of the molecule is CC(=O)c1ccc(NC(=O)C[NH+]2CCC[C@@H]2c2cccn2C)cc1. The molecule has 2 aromatic rings. The van der Waals surface area contributed by atoms with E-state index < -0.39 is 0 Å². The molecule has 2 heterocycles. The summed E-state index contributed by atoms with van der Waals surface area (Å²) >= 11 is 0. The first-order valence-corrected chi connectivity index (χ1v) is 8.41. The van der Waals surface area contributed by atoms with Crippen molar-refractivity contribution in [3.05, 3.63) is 53.9 Å². The minimum atomic E-state index is 0.0154. The number of carbonyl (C=O) groups excluding carboxylic acids is 2. The Morgan fingerprint density at radius 3 is 2.62 bits per heavy atom. The van der Waals surface area contributed by atoms with Crippen LogP contribution in [0.1, 0.15) is 41.9 Å². The third-order valence-electron chi connectivity index (χ3n) is 4.79. The number of rotatable bonds is 5. The third kappa shape index (κ3) is 3.57. The average Bonchev–Trinajstić information content (AvgIpc) is 3.16. The van der Waals surface area contributed by atoms with Crippen LogP contribution in [0.5, 0.6) is 0 Å². The van der Waals surface area contributed by atoms with E-state index >= 15 is 0 Å². The van der Waals surface area contributed by atoms with Crippen LogP contribution in [0.25, 0.3) is 0 Å². The molecule has 1 aromatic heterocycles. The fourth-order valence-corrected chi connectivity index (χ4v) is 3.52. The second-order valence-corrected chi connectivity index (χ2v) is 6.51. The first kappa shape index (κ1) is 16.5. The number of nitrogens with zero attached hydrogens (tertiary/aromatic N) is 1. The molecule has 5 nitrogen and oxygen atoms in total. The Hall–Kier alpha value is -2.40. The summed E-state index contributed by atoms with van der Waals surface area (Å²) in [5.74, 6) is 0.0430. The number of aryl methyl sites for hydroxylation is 1. The average molecular weight is 326 g/mol. The minimum Gasteiger partial charge on any atom is -0.350 e. The van der Waals surface area contributed by atoms with Crippen LogP contribution in [-0.4, -0.2) is 29.3 Å². The van der Waals surface area contributed by atoms with Gasteiger partial charge in [-0.05, 0) is 43.3 Å². The van der Waals surface area contributed by atoms with Gasteiger partial charge in [0.15, 0.2) is 12.3 Å². The predicted octanol–water partition coefficient (Wildman–Crippen LogP) is 1.59. The van der Waals surface area contributed by atoms with Crippen molar-refractivity contribution >= 4 is 17.4 Å². The van der Waals surface area contributed by atoms with Crippen LogP contribution in [0.4, 0.5) is 5.69 Å². The van der Waals surface area contributed by atoms with E-state index in [0.29, 0.717) is 18.2 Å². The van der Waals surface area contributed by atoms with Crippen molar-refractivity contribution in [1.82, 2.24) is 4.57 Å². The first-order chi connectivity index (χ1) is 11.5. The lowest BCUT2D eigenvalue weighted by Gasteiger charge is -2.21. The third-order valence-corrected chi connectivity index (χ3v) is 4.79. The molecule has 1 unspecified atom stereocenters. The molecule has 0 spiro atoms. The molecule has 0 radical (unpaired) electrons. The summed E-state index contributed by atoms with van der Waals surface area (Å²) in [6, 6.07) is 11.6. The van der Waals surface area contributed by atoms with Crippen molar-refractivity contribution in [2.45, 2.75) is 25.8 Å². The molecule has 126 valence electrons. The molecule has 0 aliphatic carbocycles. The van der Waals surface area contributed by atoms with Gasteiger partial charge in [0.25, 0.3) is 5.91 Å². The topological polar surface area (TPSA) is 55.5 Å². The van der Waals surface area contributed by atoms with Crippen molar-refractivity contribution < 1.29 is 14.5 Å². The summed E-state index contributed by atoms with van der Waals surface area (Å²) < 4.78 is 2.15. The maximum Gasteiger partial charge on any atom is 0.279 e. The molecule has 1 amide bonds. The fraction of sp³-hybridized carbons (Fsp3) is 0.368. The summed E-state index contributed by atoms with van der Waals surface area (Å²) in [5, 5.41) is 2.94. The van der Waals surface area contributed by atoms with Gasteiger partial charge in [-0.3, -0.25) is 9.59 Å². The van der Waals surface area contributed by atoms with Crippen LogP contribution in [0.3, 0.4) is 0 Å². The largest absolute Gasteiger partial charge is 0.350 e. The number of hydrogen-bond acceptors (Lipinski definition) is 2. The van der Waals surface area contributed by atoms with Gasteiger partial charge in [0.1, 0.15) is 6.04 Å². The molecule has 1 saturated heterocycles. The zero-order valence-corrected chi connectivity index (χ0v) is 14.2. The van der Waals surface area contributed by atoms with Crippen molar-refractivity contribution in [2.24, 2.45) is 7.05 Å². The molecule has 0 bridgehead atoms. The van der Waals surface area contributed by atoms with Gasteiger partial charge < -0.3 is 14.8 Å². The molecule has 24 heavy (non-hydrogen) atoms. The number of benzene rings is 1. The van der Waals surface area contributed by atoms with E-state index in [0.717, 1.165) is 25.1 Å². The number of likely N-dealkylation sites (tertiary alicyclic amines) is 1. The Morgan fingerprint density at radius 1 is 1.25 bits per heavy atom. The molecular weight excluding hydrogens is 302 g/mol. The van der Waals surface area contributed by atoms with Crippen LogP contribution in [0.15, 0.2) is 42.6 Å². The van der Waals surface area contributed by atoms with Gasteiger partial charge in [-0.15, -0.1) is 0 Å². The lowest BCUT2D eigenvalue weighted by Crippen LogP contribution is -3.11. The Bertz CT molecular complexity index is 733. The highest BCUT2D eigenvalue weighted by Crippen LogP contribution is 2.19. The van der Waals surface area contributed by atoms with Crippen LogP contribution in [0, 0.1) is 0 Å². The van der Waals surface area contributed by atoms with Crippen LogP contribution in [0.2, 0.25) is 0 Å². The van der Waals surface area contributed by atoms with E-state index in [2.05, 4.69) is 35.3 Å². The minimum absolute atomic E-state index is 0.0154. The highest BCUT2D eigenvalue weighted by Gasteiger charge is 2.32. The molecule has 1 fully saturated rings. The second-order valence-electron chi connectivity index (χ2n) is 6.51. The summed E-state index contributed by atoms with van der Waals surface area (Å²) in [6.07, 6.45) is 4.32. The van der Waals surface area contributed by atoms with E-state index in [-0.39, 0.29) is 11.7 Å². The number of carbonyl (C=O) groups is 2. The number of amides is 1. The number of quaternary nitrogens is 1. The highest BCUT2D eigenvalue weighted by molar-refractivity contribution is 5.95. The summed E-state index contributed by atoms with van der Waals surface area (Å²) in [7, 11) is 2.06. The molecule has 0 saturated carbocycles. The molecule has 3 rings (SSSR count). The fourth-order valence-electron chi connectivity index (χ4n) is 3.52. The zero-order chi connectivity index (χ0) is 17.1. The molecule has 5 heteroatoms. The van der Waals surface area contributed by atoms with Gasteiger partial charge in [0.05, 0.1) is 12.2 Å². The Labute approximate surface area is 142 Å². The van der Waals surface area contributed by atoms with E-state index in [1.807, 2.05) is 0 Å². The van der Waals surface area contributed by atoms with Crippen LogP contribution in [-0.2, 0) is 11.8 Å². The molecule has 1 aliphatic heterocycles. The van der Waals surface area contributed by atoms with Crippen molar-refractivity contribution in [2.75, 3.05) is 18.4 Å². The molecule has 2 N–H and O–H groups in total. The van der Waals surface area contributed by atoms with Crippen LogP contribution < -0.4 is 10.2 Å². The maximum atomic E-state index is 12.4. The Balaban J connectivity index is 1.62. The standard InChI is InChI=1S/C19H23N3O2/c1-14(23)15-7-9-16(10-8-15)20-19(24)13-22-12-4-6-18(22)17-5-3-11-21(17)2/h3,5,7-11,18H,4,6,12-13H2,1-2H3,(H,20,24)/p+1/t18-/m1/s1. The molecule has 1 aliphatic rings. The number of hydrogen-bond donors (Lipinski definition) is 2. The van der Waals surface area contributed by atoms with Gasteiger partial charge in [0, 0.05) is 37.3 Å². The van der Waals surface area contributed by atoms with E-state index in [4.69, 9.17) is 0 Å². The van der Waals surface area contributed by atoms with Gasteiger partial charge in [-0.25, -0.2) is 0 Å². The monoisotopic (exact) mass is 326 g/mol. The number of ketones is 1. The summed E-state index contributed by atoms with van der Waals surface area (Å²) in [5.41, 5.74) is 2.68. The van der Waals surface area contributed by atoms with Gasteiger partial charge in [-0.1, -0.05) is 0 Å². The van der Waals surface area contributed by atoms with E-state index in [1.165, 1.54) is 17.5 Å². The van der Waals surface area contributed by atoms with Crippen molar-refractivity contribution in [3.8, 4) is 0 Å². The van der Waals surface area contributed by atoms with E-state index in [9.17, 15) is 9.59 Å². The van der Waals surface area contributed by atoms with Gasteiger partial charge >= 0.3 is 0 Å². The summed E-state index contributed by atoms with van der Waals surface area (Å²) in [4.78, 5) is 25.0. The smallest absolute Gasteiger partial charge is 0.279 e. The maximum absolute atomic E-state index is 12.4. The number of Topliss-reactive ketones (excluding diaryl/α,β-unsaturated/α-hetero) is 1. The number of aromatic nitrogens is 1. The van der Waals surface area contributed by atoms with Gasteiger partial charge in [0.2, 0.25) is 0 Å². The van der Waals surface area contributed by atoms with Crippen molar-refractivity contribution in [3.63, 3.8) is 0 Å². The first-order valence-electron chi connectivity index (χ1n) is 8.41. The number of anilines is 1. The lowest BCUT2D eigenvalue weighted by atomic mass is 10.1. The Kier molecular flexibility index (Phi) is 4.81. The molecule has 1 aromatic carbocycles. The van der Waals surface area contributed by atoms with Crippen LogP contribution >= 0.6 is 0 Å². The molecule has 2 atom stereocenters. The Morgan fingerprint density at radius 2 is 2.00 bits per heavy atom. The van der Waals surface area contributed by atoms with E-state index in [1.54, 1.807) is 24.3 Å². The number of nitrogens with one attached hydrogen (secondary N) is 2. The summed E-state index contributed by atoms with van der Waals surface area (Å²) in [6.45, 7) is 3.02. The molecular formula is C19H24N3O2+. The van der Waals surface area contributed by atoms with Crippen molar-refractivity contribution in [1.29, 1.82) is 0 Å². The lowest BCUT2D eigenvalue weighted by molar-refractivity contribution is -0.910. The quantitative estimate of drug-likeness (QED) is 0.820. The van der Waals surface area contributed by atoms with Gasteiger partial charge in [-0.2, -0.15) is 0 Å².